The molecule has 0 unspecified atom stereocenters. The van der Waals surface area contributed by atoms with Crippen LogP contribution in [-0.2, 0) is 4.79 Å². The Morgan fingerprint density at radius 2 is 1.77 bits per heavy atom. The minimum atomic E-state index is -1.23. The zero-order valence-corrected chi connectivity index (χ0v) is 15.8. The molecule has 0 bridgehead atoms. The Hall–Kier alpha value is -2.86. The number of ether oxygens (including phenoxy) is 1. The Morgan fingerprint density at radius 1 is 1.15 bits per heavy atom. The van der Waals surface area contributed by atoms with Crippen molar-refractivity contribution in [3.8, 4) is 11.5 Å². The molecule has 2 aromatic carbocycles. The number of hydrogen-bond donors (Lipinski definition) is 2. The monoisotopic (exact) mass is 416 g/mol. The summed E-state index contributed by atoms with van der Waals surface area (Å²) in [5, 5.41) is 18.7. The predicted molar refractivity (Wildman–Crippen MR) is 102 cm³/mol. The summed E-state index contributed by atoms with van der Waals surface area (Å²) in [6.07, 6.45) is 2.99. The number of phenolic OH excluding ortho intramolecular Hbond substituents is 1. The summed E-state index contributed by atoms with van der Waals surface area (Å²) in [7, 11) is 0. The van der Waals surface area contributed by atoms with E-state index in [2.05, 4.69) is 22.5 Å². The lowest BCUT2D eigenvalue weighted by Crippen LogP contribution is -2.07. The molecule has 0 heterocycles. The van der Waals surface area contributed by atoms with Gasteiger partial charge in [0.15, 0.2) is 5.78 Å². The minimum absolute atomic E-state index is 0.0997. The second-order valence-corrected chi connectivity index (χ2v) is 6.59. The van der Waals surface area contributed by atoms with Crippen LogP contribution < -0.4 is 4.74 Å². The largest absolute Gasteiger partial charge is 0.507 e. The van der Waals surface area contributed by atoms with Crippen LogP contribution >= 0.6 is 15.9 Å². The van der Waals surface area contributed by atoms with Gasteiger partial charge in [-0.05, 0) is 73.5 Å². The molecular formula is C20H17BrO5. The van der Waals surface area contributed by atoms with Crippen molar-refractivity contribution in [2.24, 2.45) is 0 Å². The van der Waals surface area contributed by atoms with Gasteiger partial charge in [-0.3, -0.25) is 4.79 Å². The molecule has 134 valence electrons. The fourth-order valence-corrected chi connectivity index (χ4v) is 2.73. The van der Waals surface area contributed by atoms with Crippen molar-refractivity contribution in [2.45, 2.75) is 13.8 Å². The number of rotatable bonds is 6. The number of allylic oxidation sites excluding steroid dienone is 1. The normalized spacial score (nSPS) is 10.7. The maximum absolute atomic E-state index is 12.2. The number of carboxylic acid groups (broad SMARTS) is 1. The van der Waals surface area contributed by atoms with E-state index in [4.69, 9.17) is 9.84 Å². The van der Waals surface area contributed by atoms with Crippen molar-refractivity contribution in [3.63, 3.8) is 0 Å². The van der Waals surface area contributed by atoms with Gasteiger partial charge in [-0.1, -0.05) is 22.0 Å². The Balaban J connectivity index is 2.24. The molecule has 0 atom stereocenters. The smallest absolute Gasteiger partial charge is 0.371 e. The number of halogens is 1. The number of aromatic hydroxyl groups is 1. The highest BCUT2D eigenvalue weighted by Crippen LogP contribution is 2.27. The lowest BCUT2D eigenvalue weighted by Gasteiger charge is -2.12. The van der Waals surface area contributed by atoms with Gasteiger partial charge in [0.05, 0.1) is 5.56 Å². The average Bonchev–Trinajstić information content (AvgIpc) is 2.55. The quantitative estimate of drug-likeness (QED) is 0.406. The molecule has 2 aromatic rings. The molecule has 0 aliphatic carbocycles. The molecule has 0 amide bonds. The van der Waals surface area contributed by atoms with Gasteiger partial charge < -0.3 is 14.9 Å². The molecule has 0 fully saturated rings. The van der Waals surface area contributed by atoms with Gasteiger partial charge in [0.2, 0.25) is 5.76 Å². The third kappa shape index (κ3) is 4.61. The zero-order valence-electron chi connectivity index (χ0n) is 14.2. The highest BCUT2D eigenvalue weighted by Gasteiger charge is 2.12. The second-order valence-electron chi connectivity index (χ2n) is 5.67. The summed E-state index contributed by atoms with van der Waals surface area (Å²) < 4.78 is 5.97. The van der Waals surface area contributed by atoms with Crippen LogP contribution in [-0.4, -0.2) is 22.0 Å². The third-order valence-corrected chi connectivity index (χ3v) is 4.09. The van der Waals surface area contributed by atoms with Gasteiger partial charge in [0, 0.05) is 4.47 Å². The highest BCUT2D eigenvalue weighted by molar-refractivity contribution is 9.10. The van der Waals surface area contributed by atoms with Crippen molar-refractivity contribution in [1.82, 2.24) is 0 Å². The maximum atomic E-state index is 12.2. The summed E-state index contributed by atoms with van der Waals surface area (Å²) >= 11 is 3.23. The number of carbonyl (C=O) groups excluding carboxylic acids is 1. The first-order valence-electron chi connectivity index (χ1n) is 7.61. The van der Waals surface area contributed by atoms with Crippen molar-refractivity contribution in [2.75, 3.05) is 0 Å². The topological polar surface area (TPSA) is 83.8 Å². The standard InChI is InChI=1S/C20H17BrO5/c1-11-8-14(9-12(2)19(11)26-13(3)20(24)25)4-7-17(22)16-6-5-15(21)10-18(16)23/h4-10,23H,3H2,1-2H3,(H,24,25)/b7-4+. The van der Waals surface area contributed by atoms with Crippen LogP contribution in [0, 0.1) is 13.8 Å². The van der Waals surface area contributed by atoms with E-state index in [1.807, 2.05) is 0 Å². The summed E-state index contributed by atoms with van der Waals surface area (Å²) in [5.74, 6) is -1.60. The molecule has 5 nitrogen and oxygen atoms in total. The van der Waals surface area contributed by atoms with E-state index in [0.717, 1.165) is 5.56 Å². The van der Waals surface area contributed by atoms with Gasteiger partial charge in [-0.25, -0.2) is 4.79 Å². The number of phenols is 1. The van der Waals surface area contributed by atoms with Gasteiger partial charge >= 0.3 is 5.97 Å². The summed E-state index contributed by atoms with van der Waals surface area (Å²) in [6.45, 7) is 6.90. The summed E-state index contributed by atoms with van der Waals surface area (Å²) in [4.78, 5) is 23.1. The number of carbonyl (C=O) groups is 2. The van der Waals surface area contributed by atoms with Crippen LogP contribution in [0.15, 0.2) is 53.2 Å². The van der Waals surface area contributed by atoms with E-state index in [-0.39, 0.29) is 22.9 Å². The van der Waals surface area contributed by atoms with Crippen molar-refractivity contribution in [1.29, 1.82) is 0 Å². The van der Waals surface area contributed by atoms with E-state index in [0.29, 0.717) is 21.3 Å². The number of ketones is 1. The molecule has 0 aliphatic rings. The molecule has 0 spiro atoms. The van der Waals surface area contributed by atoms with Gasteiger partial charge in [0.1, 0.15) is 11.5 Å². The van der Waals surface area contributed by atoms with E-state index >= 15 is 0 Å². The predicted octanol–water partition coefficient (Wildman–Crippen LogP) is 4.64. The molecule has 0 radical (unpaired) electrons. The Bertz CT molecular complexity index is 905. The molecule has 0 aliphatic heterocycles. The van der Waals surface area contributed by atoms with Crippen molar-refractivity contribution >= 4 is 33.8 Å². The molecule has 2 rings (SSSR count). The fraction of sp³-hybridized carbons (Fsp3) is 0.100. The molecule has 2 N–H and O–H groups in total. The van der Waals surface area contributed by atoms with Crippen LogP contribution in [0.4, 0.5) is 0 Å². The zero-order chi connectivity index (χ0) is 19.4. The number of hydrogen-bond acceptors (Lipinski definition) is 4. The second kappa shape index (κ2) is 8.01. The first-order valence-corrected chi connectivity index (χ1v) is 8.40. The average molecular weight is 417 g/mol. The van der Waals surface area contributed by atoms with Crippen LogP contribution in [0.1, 0.15) is 27.0 Å². The molecule has 26 heavy (non-hydrogen) atoms. The van der Waals surface area contributed by atoms with Crippen LogP contribution in [0.2, 0.25) is 0 Å². The Morgan fingerprint density at radius 3 is 2.31 bits per heavy atom. The SMILES string of the molecule is C=C(Oc1c(C)cc(/C=C/C(=O)c2ccc(Br)cc2O)cc1C)C(=O)O. The van der Waals surface area contributed by atoms with E-state index < -0.39 is 5.97 Å². The van der Waals surface area contributed by atoms with Crippen molar-refractivity contribution < 1.29 is 24.5 Å². The third-order valence-electron chi connectivity index (χ3n) is 3.60. The van der Waals surface area contributed by atoms with Crippen LogP contribution in [0.3, 0.4) is 0 Å². The first kappa shape index (κ1) is 19.5. The summed E-state index contributed by atoms with van der Waals surface area (Å²) in [6, 6.07) is 8.20. The number of aliphatic carboxylic acids is 1. The molecule has 0 saturated carbocycles. The number of carboxylic acids is 1. The van der Waals surface area contributed by atoms with Gasteiger partial charge in [0.25, 0.3) is 0 Å². The number of benzene rings is 2. The minimum Gasteiger partial charge on any atom is -0.507 e. The lowest BCUT2D eigenvalue weighted by molar-refractivity contribution is -0.135. The van der Waals surface area contributed by atoms with Gasteiger partial charge in [-0.15, -0.1) is 0 Å². The molecular weight excluding hydrogens is 400 g/mol. The Labute approximate surface area is 159 Å². The maximum Gasteiger partial charge on any atom is 0.371 e. The van der Waals surface area contributed by atoms with Crippen LogP contribution in [0.25, 0.3) is 6.08 Å². The highest BCUT2D eigenvalue weighted by atomic mass is 79.9. The lowest BCUT2D eigenvalue weighted by atomic mass is 10.0. The molecule has 0 aromatic heterocycles. The fourth-order valence-electron chi connectivity index (χ4n) is 2.38. The number of aryl methyl sites for hydroxylation is 2. The van der Waals surface area contributed by atoms with E-state index in [9.17, 15) is 14.7 Å². The Kier molecular flexibility index (Phi) is 6.00. The first-order chi connectivity index (χ1) is 12.2. The van der Waals surface area contributed by atoms with E-state index in [1.165, 1.54) is 18.2 Å². The summed E-state index contributed by atoms with van der Waals surface area (Å²) in [5.41, 5.74) is 2.38. The van der Waals surface area contributed by atoms with Crippen LogP contribution in [0.5, 0.6) is 11.5 Å². The van der Waals surface area contributed by atoms with E-state index in [1.54, 1.807) is 38.1 Å². The molecule has 6 heteroatoms. The van der Waals surface area contributed by atoms with Gasteiger partial charge in [-0.2, -0.15) is 0 Å². The molecule has 0 saturated heterocycles. The van der Waals surface area contributed by atoms with Crippen molar-refractivity contribution in [3.05, 3.63) is 75.5 Å².